The zero-order valence-corrected chi connectivity index (χ0v) is 16.1. The van der Waals surface area contributed by atoms with Gasteiger partial charge in [-0.25, -0.2) is 4.79 Å². The molecule has 1 atom stereocenters. The number of carbonyl (C=O) groups excluding carboxylic acids is 2. The molecule has 1 saturated heterocycles. The summed E-state index contributed by atoms with van der Waals surface area (Å²) in [5, 5.41) is 7.24. The molecule has 3 amide bonds. The molecule has 8 heteroatoms. The van der Waals surface area contributed by atoms with Crippen molar-refractivity contribution >= 4 is 11.9 Å². The molecule has 2 rings (SSSR count). The molecule has 2 heterocycles. The van der Waals surface area contributed by atoms with Crippen molar-refractivity contribution in [2.24, 2.45) is 11.7 Å². The Morgan fingerprint density at radius 2 is 2.23 bits per heavy atom. The average molecular weight is 364 g/mol. The quantitative estimate of drug-likeness (QED) is 0.677. The number of carbonyl (C=O) groups is 2. The Morgan fingerprint density at radius 3 is 2.88 bits per heavy atom. The molecule has 1 aliphatic rings. The summed E-state index contributed by atoms with van der Waals surface area (Å²) >= 11 is 0. The van der Waals surface area contributed by atoms with E-state index in [2.05, 4.69) is 29.2 Å². The van der Waals surface area contributed by atoms with Gasteiger partial charge in [-0.15, -0.1) is 0 Å². The molecule has 26 heavy (non-hydrogen) atoms. The summed E-state index contributed by atoms with van der Waals surface area (Å²) in [6.45, 7) is 7.90. The van der Waals surface area contributed by atoms with E-state index in [1.165, 1.54) is 0 Å². The molecule has 8 nitrogen and oxygen atoms in total. The normalized spacial score (nSPS) is 18.1. The maximum atomic E-state index is 12.2. The highest BCUT2D eigenvalue weighted by molar-refractivity contribution is 5.77. The van der Waals surface area contributed by atoms with Crippen molar-refractivity contribution in [1.29, 1.82) is 0 Å². The molecule has 0 spiro atoms. The van der Waals surface area contributed by atoms with Gasteiger partial charge in [-0.05, 0) is 46.2 Å². The maximum Gasteiger partial charge on any atom is 0.317 e. The van der Waals surface area contributed by atoms with E-state index in [4.69, 9.17) is 5.73 Å². The van der Waals surface area contributed by atoms with E-state index in [9.17, 15) is 9.59 Å². The van der Waals surface area contributed by atoms with Crippen molar-refractivity contribution in [3.63, 3.8) is 0 Å². The molecule has 1 fully saturated rings. The first-order valence-electron chi connectivity index (χ1n) is 9.40. The lowest BCUT2D eigenvalue weighted by atomic mass is 9.97. The number of rotatable bonds is 8. The van der Waals surface area contributed by atoms with Crippen LogP contribution in [0.4, 0.5) is 4.79 Å². The predicted octanol–water partition coefficient (Wildman–Crippen LogP) is 1.19. The van der Waals surface area contributed by atoms with Gasteiger partial charge in [0.25, 0.3) is 0 Å². The van der Waals surface area contributed by atoms with Crippen LogP contribution in [0.2, 0.25) is 0 Å². The van der Waals surface area contributed by atoms with Crippen LogP contribution < -0.4 is 11.1 Å². The molecule has 0 radical (unpaired) electrons. The summed E-state index contributed by atoms with van der Waals surface area (Å²) in [5.74, 6) is -0.235. The fraction of sp³-hybridized carbons (Fsp3) is 0.722. The van der Waals surface area contributed by atoms with Gasteiger partial charge >= 0.3 is 6.03 Å². The number of amides is 3. The number of nitrogens with zero attached hydrogens (tertiary/aromatic N) is 4. The summed E-state index contributed by atoms with van der Waals surface area (Å²) in [6, 6.07) is 0.225. The van der Waals surface area contributed by atoms with Crippen molar-refractivity contribution in [2.75, 3.05) is 33.2 Å². The van der Waals surface area contributed by atoms with E-state index in [0.717, 1.165) is 44.5 Å². The second kappa shape index (κ2) is 9.56. The SMILES string of the molecule is CC(C)n1cc(CN(C)C(=O)NCCCN2CCC[C@H](C(N)=O)C2)cn1. The molecule has 0 aliphatic carbocycles. The van der Waals surface area contributed by atoms with Crippen LogP contribution >= 0.6 is 0 Å². The summed E-state index contributed by atoms with van der Waals surface area (Å²) in [4.78, 5) is 27.4. The van der Waals surface area contributed by atoms with Gasteiger partial charge in [-0.3, -0.25) is 9.48 Å². The van der Waals surface area contributed by atoms with Crippen LogP contribution in [0.15, 0.2) is 12.4 Å². The highest BCUT2D eigenvalue weighted by atomic mass is 16.2. The van der Waals surface area contributed by atoms with E-state index in [-0.39, 0.29) is 17.9 Å². The van der Waals surface area contributed by atoms with Crippen LogP contribution in [0.25, 0.3) is 0 Å². The summed E-state index contributed by atoms with van der Waals surface area (Å²) in [5.41, 5.74) is 6.42. The molecule has 0 saturated carbocycles. The Kier molecular flexibility index (Phi) is 7.44. The lowest BCUT2D eigenvalue weighted by molar-refractivity contribution is -0.123. The van der Waals surface area contributed by atoms with Crippen LogP contribution in [0.5, 0.6) is 0 Å². The molecule has 0 bridgehead atoms. The standard InChI is InChI=1S/C18H32N6O2/c1-14(2)24-12-15(10-21-24)11-22(3)18(26)20-7-5-9-23-8-4-6-16(13-23)17(19)25/h10,12,14,16H,4-9,11,13H2,1-3H3,(H2,19,25)(H,20,26)/t16-/m0/s1. The van der Waals surface area contributed by atoms with Crippen LogP contribution in [0, 0.1) is 5.92 Å². The molecule has 1 aromatic rings. The zero-order chi connectivity index (χ0) is 19.1. The highest BCUT2D eigenvalue weighted by Gasteiger charge is 2.23. The van der Waals surface area contributed by atoms with Crippen LogP contribution in [-0.4, -0.2) is 64.7 Å². The number of nitrogens with one attached hydrogen (secondary N) is 1. The van der Waals surface area contributed by atoms with Crippen molar-refractivity contribution in [3.8, 4) is 0 Å². The first kappa shape index (κ1) is 20.2. The molecule has 0 unspecified atom stereocenters. The van der Waals surface area contributed by atoms with Crippen LogP contribution in [0.1, 0.15) is 44.7 Å². The molecule has 0 aromatic carbocycles. The second-order valence-corrected chi connectivity index (χ2v) is 7.41. The smallest absolute Gasteiger partial charge is 0.317 e. The van der Waals surface area contributed by atoms with Crippen molar-refractivity contribution < 1.29 is 9.59 Å². The van der Waals surface area contributed by atoms with E-state index in [1.807, 2.05) is 10.9 Å². The Balaban J connectivity index is 1.65. The highest BCUT2D eigenvalue weighted by Crippen LogP contribution is 2.15. The predicted molar refractivity (Wildman–Crippen MR) is 100 cm³/mol. The van der Waals surface area contributed by atoms with Gasteiger partial charge < -0.3 is 20.9 Å². The van der Waals surface area contributed by atoms with E-state index < -0.39 is 0 Å². The number of hydrogen-bond donors (Lipinski definition) is 2. The number of piperidine rings is 1. The third-order valence-corrected chi connectivity index (χ3v) is 4.79. The van der Waals surface area contributed by atoms with E-state index in [0.29, 0.717) is 19.1 Å². The minimum atomic E-state index is -0.203. The Hall–Kier alpha value is -2.09. The van der Waals surface area contributed by atoms with Gasteiger partial charge in [0, 0.05) is 37.9 Å². The minimum Gasteiger partial charge on any atom is -0.369 e. The summed E-state index contributed by atoms with van der Waals surface area (Å²) in [7, 11) is 1.78. The number of likely N-dealkylation sites (tertiary alicyclic amines) is 1. The van der Waals surface area contributed by atoms with Crippen molar-refractivity contribution in [1.82, 2.24) is 24.9 Å². The Labute approximate surface area is 155 Å². The van der Waals surface area contributed by atoms with E-state index >= 15 is 0 Å². The lowest BCUT2D eigenvalue weighted by Gasteiger charge is -2.31. The number of aromatic nitrogens is 2. The van der Waals surface area contributed by atoms with Gasteiger partial charge in [-0.2, -0.15) is 5.10 Å². The topological polar surface area (TPSA) is 96.5 Å². The van der Waals surface area contributed by atoms with Gasteiger partial charge in [0.05, 0.1) is 18.7 Å². The second-order valence-electron chi connectivity index (χ2n) is 7.41. The first-order valence-corrected chi connectivity index (χ1v) is 9.40. The zero-order valence-electron chi connectivity index (χ0n) is 16.1. The third-order valence-electron chi connectivity index (χ3n) is 4.79. The van der Waals surface area contributed by atoms with Crippen LogP contribution in [-0.2, 0) is 11.3 Å². The monoisotopic (exact) mass is 364 g/mol. The van der Waals surface area contributed by atoms with Crippen molar-refractivity contribution in [2.45, 2.75) is 45.7 Å². The summed E-state index contributed by atoms with van der Waals surface area (Å²) < 4.78 is 1.89. The summed E-state index contributed by atoms with van der Waals surface area (Å²) in [6.07, 6.45) is 6.53. The number of urea groups is 1. The van der Waals surface area contributed by atoms with Gasteiger partial charge in [0.2, 0.25) is 5.91 Å². The fourth-order valence-corrected chi connectivity index (χ4v) is 3.21. The van der Waals surface area contributed by atoms with E-state index in [1.54, 1.807) is 18.1 Å². The van der Waals surface area contributed by atoms with Gasteiger partial charge in [0.15, 0.2) is 0 Å². The molecule has 3 N–H and O–H groups in total. The number of nitrogens with two attached hydrogens (primary N) is 1. The number of primary amides is 1. The fourth-order valence-electron chi connectivity index (χ4n) is 3.21. The lowest BCUT2D eigenvalue weighted by Crippen LogP contribution is -2.42. The minimum absolute atomic E-state index is 0.0313. The first-order chi connectivity index (χ1) is 12.4. The Bertz CT molecular complexity index is 600. The molecule has 1 aromatic heterocycles. The maximum absolute atomic E-state index is 12.2. The molecule has 146 valence electrons. The molecule has 1 aliphatic heterocycles. The third kappa shape index (κ3) is 6.01. The molecular weight excluding hydrogens is 332 g/mol. The Morgan fingerprint density at radius 1 is 1.46 bits per heavy atom. The van der Waals surface area contributed by atoms with Gasteiger partial charge in [-0.1, -0.05) is 0 Å². The van der Waals surface area contributed by atoms with Gasteiger partial charge in [0.1, 0.15) is 0 Å². The van der Waals surface area contributed by atoms with Crippen LogP contribution in [0.3, 0.4) is 0 Å². The van der Waals surface area contributed by atoms with Crippen molar-refractivity contribution in [3.05, 3.63) is 18.0 Å². The molecular formula is C18H32N6O2. The number of hydrogen-bond acceptors (Lipinski definition) is 4. The largest absolute Gasteiger partial charge is 0.369 e. The average Bonchev–Trinajstić information content (AvgIpc) is 3.07.